The molecule has 1 aliphatic heterocycles. The third-order valence-corrected chi connectivity index (χ3v) is 3.20. The summed E-state index contributed by atoms with van der Waals surface area (Å²) in [7, 11) is 3.57. The van der Waals surface area contributed by atoms with E-state index in [1.54, 1.807) is 19.0 Å². The van der Waals surface area contributed by atoms with E-state index < -0.39 is 30.8 Å². The van der Waals surface area contributed by atoms with Crippen LogP contribution in [0.1, 0.15) is 6.42 Å². The van der Waals surface area contributed by atoms with E-state index in [0.29, 0.717) is 12.4 Å². The molecule has 2 aliphatic rings. The molecule has 2 N–H and O–H groups in total. The normalized spacial score (nSPS) is 42.3. The lowest BCUT2D eigenvalue weighted by Crippen LogP contribution is -2.52. The molecule has 1 aliphatic carbocycles. The van der Waals surface area contributed by atoms with E-state index in [-0.39, 0.29) is 6.10 Å². The predicted octanol–water partition coefficient (Wildman–Crippen LogP) is -0.617. The standard InChI is InChI=1S/C10H17FN2O3/c1-13(2)10-12-7-6(16-10)3-5(4-11)8(14)9(7)15/h5-9,14-15H,3-4H2,1-2H3. The Labute approximate surface area is 93.5 Å². The summed E-state index contributed by atoms with van der Waals surface area (Å²) >= 11 is 0. The molecular formula is C10H17FN2O3. The summed E-state index contributed by atoms with van der Waals surface area (Å²) < 4.78 is 18.2. The Morgan fingerprint density at radius 3 is 2.69 bits per heavy atom. The maximum absolute atomic E-state index is 12.6. The maximum Gasteiger partial charge on any atom is 0.287 e. The van der Waals surface area contributed by atoms with Gasteiger partial charge in [-0.1, -0.05) is 0 Å². The Morgan fingerprint density at radius 2 is 2.12 bits per heavy atom. The van der Waals surface area contributed by atoms with E-state index in [1.165, 1.54) is 0 Å². The minimum Gasteiger partial charge on any atom is -0.459 e. The number of amidine groups is 1. The van der Waals surface area contributed by atoms with Crippen LogP contribution in [0.25, 0.3) is 0 Å². The number of aliphatic imine (C=N–C) groups is 1. The van der Waals surface area contributed by atoms with E-state index in [4.69, 9.17) is 4.74 Å². The van der Waals surface area contributed by atoms with Crippen molar-refractivity contribution in [1.29, 1.82) is 0 Å². The first-order valence-corrected chi connectivity index (χ1v) is 5.38. The third kappa shape index (κ3) is 1.76. The molecule has 5 unspecified atom stereocenters. The molecule has 0 amide bonds. The van der Waals surface area contributed by atoms with E-state index in [2.05, 4.69) is 4.99 Å². The van der Waals surface area contributed by atoms with Crippen molar-refractivity contribution in [2.24, 2.45) is 10.9 Å². The Kier molecular flexibility index (Phi) is 3.03. The number of fused-ring (bicyclic) bond motifs is 1. The van der Waals surface area contributed by atoms with Crippen LogP contribution >= 0.6 is 0 Å². The molecule has 92 valence electrons. The van der Waals surface area contributed by atoms with Crippen LogP contribution < -0.4 is 0 Å². The lowest BCUT2D eigenvalue weighted by atomic mass is 9.80. The van der Waals surface area contributed by atoms with Crippen molar-refractivity contribution in [3.8, 4) is 0 Å². The summed E-state index contributed by atoms with van der Waals surface area (Å²) in [6, 6.07) is -0.0454. The van der Waals surface area contributed by atoms with E-state index >= 15 is 0 Å². The van der Waals surface area contributed by atoms with Gasteiger partial charge in [-0.05, 0) is 6.42 Å². The number of ether oxygens (including phenoxy) is 1. The van der Waals surface area contributed by atoms with Gasteiger partial charge in [-0.3, -0.25) is 4.39 Å². The molecule has 2 rings (SSSR count). The van der Waals surface area contributed by atoms with Crippen molar-refractivity contribution in [3.05, 3.63) is 0 Å². The van der Waals surface area contributed by atoms with Gasteiger partial charge in [0, 0.05) is 20.0 Å². The summed E-state index contributed by atoms with van der Waals surface area (Å²) in [5.41, 5.74) is 0. The Hall–Kier alpha value is -0.880. The molecule has 5 nitrogen and oxygen atoms in total. The summed E-state index contributed by atoms with van der Waals surface area (Å²) in [5.74, 6) is -0.562. The van der Waals surface area contributed by atoms with Gasteiger partial charge in [0.25, 0.3) is 6.02 Å². The second-order valence-corrected chi connectivity index (χ2v) is 4.58. The largest absolute Gasteiger partial charge is 0.459 e. The van der Waals surface area contributed by atoms with Crippen LogP contribution in [0.5, 0.6) is 0 Å². The zero-order valence-electron chi connectivity index (χ0n) is 9.38. The van der Waals surface area contributed by atoms with Crippen molar-refractivity contribution in [2.45, 2.75) is 30.8 Å². The van der Waals surface area contributed by atoms with Gasteiger partial charge in [-0.25, -0.2) is 4.99 Å². The monoisotopic (exact) mass is 232 g/mol. The molecule has 1 heterocycles. The zero-order valence-corrected chi connectivity index (χ0v) is 9.38. The topological polar surface area (TPSA) is 65.3 Å². The molecule has 5 atom stereocenters. The van der Waals surface area contributed by atoms with Gasteiger partial charge < -0.3 is 19.8 Å². The fourth-order valence-corrected chi connectivity index (χ4v) is 2.22. The Morgan fingerprint density at radius 1 is 1.44 bits per heavy atom. The Bertz CT molecular complexity index is 298. The van der Waals surface area contributed by atoms with Crippen LogP contribution in [0.2, 0.25) is 0 Å². The molecule has 1 fully saturated rings. The molecule has 0 aromatic heterocycles. The van der Waals surface area contributed by atoms with Gasteiger partial charge in [-0.15, -0.1) is 0 Å². The van der Waals surface area contributed by atoms with Crippen LogP contribution in [0, 0.1) is 5.92 Å². The summed E-state index contributed by atoms with van der Waals surface area (Å²) in [6.45, 7) is -0.651. The van der Waals surface area contributed by atoms with Crippen molar-refractivity contribution in [1.82, 2.24) is 4.90 Å². The highest BCUT2D eigenvalue weighted by Gasteiger charge is 2.48. The van der Waals surface area contributed by atoms with Crippen LogP contribution in [0.3, 0.4) is 0 Å². The number of aliphatic hydroxyl groups excluding tert-OH is 2. The molecule has 0 radical (unpaired) electrons. The molecule has 0 bridgehead atoms. The highest BCUT2D eigenvalue weighted by Crippen LogP contribution is 2.33. The fourth-order valence-electron chi connectivity index (χ4n) is 2.22. The second kappa shape index (κ2) is 4.18. The number of rotatable bonds is 1. The van der Waals surface area contributed by atoms with E-state index in [0.717, 1.165) is 0 Å². The van der Waals surface area contributed by atoms with Crippen molar-refractivity contribution < 1.29 is 19.3 Å². The smallest absolute Gasteiger partial charge is 0.287 e. The molecule has 0 aromatic carbocycles. The van der Waals surface area contributed by atoms with Gasteiger partial charge in [-0.2, -0.15) is 0 Å². The number of hydrogen-bond acceptors (Lipinski definition) is 5. The number of nitrogens with zero attached hydrogens (tertiary/aromatic N) is 2. The second-order valence-electron chi connectivity index (χ2n) is 4.58. The first kappa shape index (κ1) is 11.6. The van der Waals surface area contributed by atoms with Gasteiger partial charge >= 0.3 is 0 Å². The predicted molar refractivity (Wildman–Crippen MR) is 55.9 cm³/mol. The number of alkyl halides is 1. The van der Waals surface area contributed by atoms with Crippen LogP contribution in [0.15, 0.2) is 4.99 Å². The first-order chi connectivity index (χ1) is 7.54. The summed E-state index contributed by atoms with van der Waals surface area (Å²) in [6.07, 6.45) is -2.03. The Balaban J connectivity index is 2.14. The van der Waals surface area contributed by atoms with Gasteiger partial charge in [0.15, 0.2) is 0 Å². The molecule has 1 saturated carbocycles. The highest BCUT2D eigenvalue weighted by atomic mass is 19.1. The van der Waals surface area contributed by atoms with Crippen LogP contribution in [-0.2, 0) is 4.74 Å². The number of halogens is 1. The SMILES string of the molecule is CN(C)C1=NC2C(CC(CF)C(O)C2O)O1. The van der Waals surface area contributed by atoms with E-state index in [9.17, 15) is 14.6 Å². The summed E-state index contributed by atoms with van der Waals surface area (Å²) in [4.78, 5) is 5.89. The average Bonchev–Trinajstić information content (AvgIpc) is 2.67. The van der Waals surface area contributed by atoms with Gasteiger partial charge in [0.1, 0.15) is 18.2 Å². The maximum atomic E-state index is 12.6. The van der Waals surface area contributed by atoms with Crippen molar-refractivity contribution >= 4 is 6.02 Å². The molecule has 0 aromatic rings. The molecule has 0 spiro atoms. The van der Waals surface area contributed by atoms with Crippen molar-refractivity contribution in [2.75, 3.05) is 20.8 Å². The average molecular weight is 232 g/mol. The fraction of sp³-hybridized carbons (Fsp3) is 0.900. The van der Waals surface area contributed by atoms with Crippen LogP contribution in [-0.4, -0.2) is 66.3 Å². The lowest BCUT2D eigenvalue weighted by Gasteiger charge is -2.36. The third-order valence-electron chi connectivity index (χ3n) is 3.20. The van der Waals surface area contributed by atoms with Crippen molar-refractivity contribution in [3.63, 3.8) is 0 Å². The molecular weight excluding hydrogens is 215 g/mol. The summed E-state index contributed by atoms with van der Waals surface area (Å²) in [5, 5.41) is 19.5. The first-order valence-electron chi connectivity index (χ1n) is 5.38. The van der Waals surface area contributed by atoms with E-state index in [1.807, 2.05) is 0 Å². The van der Waals surface area contributed by atoms with Gasteiger partial charge in [0.2, 0.25) is 0 Å². The highest BCUT2D eigenvalue weighted by molar-refractivity contribution is 5.75. The van der Waals surface area contributed by atoms with Gasteiger partial charge in [0.05, 0.1) is 12.8 Å². The molecule has 16 heavy (non-hydrogen) atoms. The quantitative estimate of drug-likeness (QED) is 0.632. The number of hydrogen-bond donors (Lipinski definition) is 2. The lowest BCUT2D eigenvalue weighted by molar-refractivity contribution is -0.0888. The minimum atomic E-state index is -1.06. The zero-order chi connectivity index (χ0) is 11.9. The number of aliphatic hydroxyl groups is 2. The molecule has 0 saturated heterocycles. The molecule has 6 heteroatoms. The minimum absolute atomic E-state index is 0.323. The van der Waals surface area contributed by atoms with Crippen LogP contribution in [0.4, 0.5) is 4.39 Å².